The van der Waals surface area contributed by atoms with Crippen molar-refractivity contribution in [1.29, 1.82) is 0 Å². The fraction of sp³-hybridized carbons (Fsp3) is 0.375. The van der Waals surface area contributed by atoms with Crippen LogP contribution in [0.25, 0.3) is 0 Å². The van der Waals surface area contributed by atoms with Crippen LogP contribution in [0.2, 0.25) is 0 Å². The Bertz CT molecular complexity index is 647. The molecule has 1 aliphatic heterocycles. The van der Waals surface area contributed by atoms with Crippen molar-refractivity contribution in [2.75, 3.05) is 4.90 Å². The Labute approximate surface area is 124 Å². The van der Waals surface area contributed by atoms with E-state index in [4.69, 9.17) is 17.9 Å². The zero-order chi connectivity index (χ0) is 14.9. The summed E-state index contributed by atoms with van der Waals surface area (Å²) in [6.45, 7) is 0. The third-order valence-corrected chi connectivity index (χ3v) is 4.12. The first-order valence-electron chi connectivity index (χ1n) is 7.21. The topological polar surface area (TPSA) is 80.0 Å². The predicted octanol–water partition coefficient (Wildman–Crippen LogP) is 1.78. The van der Waals surface area contributed by atoms with Gasteiger partial charge in [0.25, 0.3) is 0 Å². The monoisotopic (exact) mass is 281 g/mol. The summed E-state index contributed by atoms with van der Waals surface area (Å²) >= 11 is 0. The normalized spacial score (nSPS) is 20.6. The molecule has 0 radical (unpaired) electrons. The lowest BCUT2D eigenvalue weighted by atomic mass is 9.87. The van der Waals surface area contributed by atoms with Crippen molar-refractivity contribution in [3.05, 3.63) is 29.8 Å². The largest absolute Gasteiger partial charge is 0.369 e. The van der Waals surface area contributed by atoms with E-state index in [0.29, 0.717) is 5.96 Å². The third kappa shape index (κ3) is 2.33. The number of anilines is 1. The van der Waals surface area contributed by atoms with Crippen LogP contribution in [-0.4, -0.2) is 17.6 Å². The second kappa shape index (κ2) is 5.13. The maximum atomic E-state index is 6.16. The standard InChI is InChI=1S/C16H19N5/c1-2-12-7-6-8-13(11-12)21-15(18)19-14(17)20-16(21)9-4-3-5-10-16/h1,6-8,11H,3-5,9-10H2,(H4,17,18,19,20). The summed E-state index contributed by atoms with van der Waals surface area (Å²) in [7, 11) is 0. The molecule has 0 amide bonds. The molecule has 0 atom stereocenters. The average Bonchev–Trinajstić information content (AvgIpc) is 2.47. The van der Waals surface area contributed by atoms with Crippen LogP contribution >= 0.6 is 0 Å². The van der Waals surface area contributed by atoms with E-state index >= 15 is 0 Å². The van der Waals surface area contributed by atoms with E-state index in [1.165, 1.54) is 6.42 Å². The van der Waals surface area contributed by atoms with Crippen LogP contribution in [0.4, 0.5) is 5.69 Å². The van der Waals surface area contributed by atoms with E-state index < -0.39 is 5.66 Å². The molecule has 3 rings (SSSR count). The van der Waals surface area contributed by atoms with Gasteiger partial charge in [-0.05, 0) is 43.9 Å². The fourth-order valence-corrected chi connectivity index (χ4v) is 3.23. The van der Waals surface area contributed by atoms with Gasteiger partial charge in [0.15, 0.2) is 0 Å². The van der Waals surface area contributed by atoms with Crippen LogP contribution in [0.3, 0.4) is 0 Å². The first kappa shape index (κ1) is 13.5. The maximum Gasteiger partial charge on any atom is 0.220 e. The van der Waals surface area contributed by atoms with Gasteiger partial charge in [0.05, 0.1) is 0 Å². The number of nitrogens with two attached hydrogens (primary N) is 2. The predicted molar refractivity (Wildman–Crippen MR) is 85.9 cm³/mol. The SMILES string of the molecule is C#Cc1cccc(N2C(N)=NC(N)=NC23CCCCC3)c1. The van der Waals surface area contributed by atoms with Crippen molar-refractivity contribution in [2.45, 2.75) is 37.8 Å². The van der Waals surface area contributed by atoms with E-state index in [1.807, 2.05) is 29.2 Å². The Kier molecular flexibility index (Phi) is 3.30. The van der Waals surface area contributed by atoms with Crippen molar-refractivity contribution < 1.29 is 0 Å². The number of terminal acetylenes is 1. The highest BCUT2D eigenvalue weighted by Gasteiger charge is 2.42. The smallest absolute Gasteiger partial charge is 0.220 e. The Balaban J connectivity index is 2.08. The van der Waals surface area contributed by atoms with Crippen LogP contribution in [0.1, 0.15) is 37.7 Å². The Hall–Kier alpha value is -2.48. The average molecular weight is 281 g/mol. The molecule has 1 aromatic rings. The summed E-state index contributed by atoms with van der Waals surface area (Å²) < 4.78 is 0. The zero-order valence-corrected chi connectivity index (χ0v) is 11.9. The summed E-state index contributed by atoms with van der Waals surface area (Å²) in [6.07, 6.45) is 10.8. The van der Waals surface area contributed by atoms with Gasteiger partial charge in [0.1, 0.15) is 5.66 Å². The quantitative estimate of drug-likeness (QED) is 0.770. The molecule has 1 fully saturated rings. The van der Waals surface area contributed by atoms with Gasteiger partial charge < -0.3 is 11.5 Å². The van der Waals surface area contributed by atoms with Crippen LogP contribution in [-0.2, 0) is 0 Å². The molecule has 0 aromatic heterocycles. The molecule has 5 nitrogen and oxygen atoms in total. The van der Waals surface area contributed by atoms with E-state index in [2.05, 4.69) is 15.9 Å². The zero-order valence-electron chi connectivity index (χ0n) is 11.9. The van der Waals surface area contributed by atoms with Crippen LogP contribution in [0, 0.1) is 12.3 Å². The van der Waals surface area contributed by atoms with Gasteiger partial charge in [-0.25, -0.2) is 4.99 Å². The fourth-order valence-electron chi connectivity index (χ4n) is 3.23. The maximum absolute atomic E-state index is 6.16. The molecule has 1 spiro atoms. The summed E-state index contributed by atoms with van der Waals surface area (Å²) in [4.78, 5) is 10.8. The number of guanidine groups is 2. The lowest BCUT2D eigenvalue weighted by Crippen LogP contribution is -2.58. The number of hydrogen-bond acceptors (Lipinski definition) is 5. The molecule has 2 aliphatic rings. The lowest BCUT2D eigenvalue weighted by Gasteiger charge is -2.45. The van der Waals surface area contributed by atoms with Crippen molar-refractivity contribution in [1.82, 2.24) is 0 Å². The highest BCUT2D eigenvalue weighted by Crippen LogP contribution is 2.39. The molecular formula is C16H19N5. The van der Waals surface area contributed by atoms with E-state index in [9.17, 15) is 0 Å². The number of rotatable bonds is 1. The first-order chi connectivity index (χ1) is 10.1. The van der Waals surface area contributed by atoms with Crippen molar-refractivity contribution >= 4 is 17.6 Å². The molecule has 1 heterocycles. The van der Waals surface area contributed by atoms with E-state index in [1.54, 1.807) is 0 Å². The van der Waals surface area contributed by atoms with E-state index in [0.717, 1.165) is 36.9 Å². The minimum atomic E-state index is -0.415. The molecule has 1 aliphatic carbocycles. The van der Waals surface area contributed by atoms with E-state index in [-0.39, 0.29) is 5.96 Å². The number of nitrogens with zero attached hydrogens (tertiary/aromatic N) is 3. The molecule has 5 heteroatoms. The van der Waals surface area contributed by atoms with Gasteiger partial charge in [0.2, 0.25) is 11.9 Å². The van der Waals surface area contributed by atoms with Gasteiger partial charge >= 0.3 is 0 Å². The summed E-state index contributed by atoms with van der Waals surface area (Å²) in [5.41, 5.74) is 13.3. The highest BCUT2D eigenvalue weighted by atomic mass is 15.4. The Morgan fingerprint density at radius 1 is 1.19 bits per heavy atom. The van der Waals surface area contributed by atoms with Gasteiger partial charge in [-0.1, -0.05) is 18.4 Å². The lowest BCUT2D eigenvalue weighted by molar-refractivity contribution is 0.305. The molecule has 21 heavy (non-hydrogen) atoms. The molecule has 108 valence electrons. The Morgan fingerprint density at radius 3 is 2.67 bits per heavy atom. The summed E-state index contributed by atoms with van der Waals surface area (Å²) in [5.74, 6) is 3.30. The minimum Gasteiger partial charge on any atom is -0.369 e. The second-order valence-electron chi connectivity index (χ2n) is 5.51. The number of benzene rings is 1. The van der Waals surface area contributed by atoms with Crippen molar-refractivity contribution in [2.24, 2.45) is 21.5 Å². The third-order valence-electron chi connectivity index (χ3n) is 4.12. The van der Waals surface area contributed by atoms with Crippen molar-refractivity contribution in [3.8, 4) is 12.3 Å². The van der Waals surface area contributed by atoms with Crippen LogP contribution in [0.15, 0.2) is 34.3 Å². The molecule has 4 N–H and O–H groups in total. The van der Waals surface area contributed by atoms with Crippen LogP contribution in [0.5, 0.6) is 0 Å². The minimum absolute atomic E-state index is 0.263. The molecule has 0 unspecified atom stereocenters. The van der Waals surface area contributed by atoms with Crippen molar-refractivity contribution in [3.63, 3.8) is 0 Å². The molecule has 1 aromatic carbocycles. The summed E-state index contributed by atoms with van der Waals surface area (Å²) in [5, 5.41) is 0. The van der Waals surface area contributed by atoms with Gasteiger partial charge in [-0.15, -0.1) is 6.42 Å². The highest BCUT2D eigenvalue weighted by molar-refractivity contribution is 6.05. The van der Waals surface area contributed by atoms with Gasteiger partial charge in [-0.3, -0.25) is 4.90 Å². The van der Waals surface area contributed by atoms with Crippen LogP contribution < -0.4 is 16.4 Å². The Morgan fingerprint density at radius 2 is 1.95 bits per heavy atom. The van der Waals surface area contributed by atoms with Gasteiger partial charge in [-0.2, -0.15) is 4.99 Å². The summed E-state index contributed by atoms with van der Waals surface area (Å²) in [6, 6.07) is 7.74. The molecular weight excluding hydrogens is 262 g/mol. The molecule has 0 bridgehead atoms. The number of aliphatic imine (C=N–C) groups is 2. The van der Waals surface area contributed by atoms with Gasteiger partial charge in [0, 0.05) is 11.3 Å². The number of hydrogen-bond donors (Lipinski definition) is 2. The first-order valence-corrected chi connectivity index (χ1v) is 7.21. The second-order valence-corrected chi connectivity index (χ2v) is 5.51. The molecule has 0 saturated heterocycles. The molecule has 1 saturated carbocycles.